The summed E-state index contributed by atoms with van der Waals surface area (Å²) in [5, 5.41) is 2.82. The van der Waals surface area contributed by atoms with E-state index in [0.717, 1.165) is 29.1 Å². The number of nitrogens with zero attached hydrogens (tertiary/aromatic N) is 2. The van der Waals surface area contributed by atoms with Crippen LogP contribution in [0.2, 0.25) is 0 Å². The monoisotopic (exact) mass is 393 g/mol. The number of carbonyl (C=O) groups excluding carboxylic acids is 1. The molecule has 0 unspecified atom stereocenters. The number of aromatic nitrogens is 2. The highest BCUT2D eigenvalue weighted by atomic mass is 32.2. The molecule has 0 bridgehead atoms. The van der Waals surface area contributed by atoms with Crippen LogP contribution in [0.4, 0.5) is 5.69 Å². The Morgan fingerprint density at radius 1 is 1.11 bits per heavy atom. The zero-order chi connectivity index (χ0) is 19.7. The van der Waals surface area contributed by atoms with Gasteiger partial charge >= 0.3 is 0 Å². The van der Waals surface area contributed by atoms with Gasteiger partial charge in [-0.25, -0.2) is 4.68 Å². The number of benzene rings is 2. The zero-order valence-electron chi connectivity index (χ0n) is 16.1. The van der Waals surface area contributed by atoms with E-state index in [1.165, 1.54) is 29.3 Å². The quantitative estimate of drug-likeness (QED) is 0.673. The Hall–Kier alpha value is -2.73. The molecule has 1 aliphatic rings. The molecular formula is C22H23N3O2S. The van der Waals surface area contributed by atoms with E-state index in [9.17, 15) is 9.59 Å². The number of hydrogen-bond acceptors (Lipinski definition) is 3. The second-order valence-corrected chi connectivity index (χ2v) is 8.11. The molecule has 2 aromatic carbocycles. The van der Waals surface area contributed by atoms with E-state index in [1.807, 2.05) is 44.3 Å². The molecule has 1 amide bonds. The van der Waals surface area contributed by atoms with Gasteiger partial charge < -0.3 is 5.32 Å². The van der Waals surface area contributed by atoms with Crippen molar-refractivity contribution < 1.29 is 4.79 Å². The van der Waals surface area contributed by atoms with Crippen molar-refractivity contribution in [1.82, 2.24) is 9.36 Å². The van der Waals surface area contributed by atoms with Gasteiger partial charge in [0.2, 0.25) is 5.91 Å². The Balaban J connectivity index is 1.48. The summed E-state index contributed by atoms with van der Waals surface area (Å²) < 4.78 is 3.33. The fourth-order valence-electron chi connectivity index (χ4n) is 3.67. The fourth-order valence-corrected chi connectivity index (χ4v) is 4.43. The lowest BCUT2D eigenvalue weighted by molar-refractivity contribution is -0.113. The van der Waals surface area contributed by atoms with E-state index in [1.54, 1.807) is 9.36 Å². The summed E-state index contributed by atoms with van der Waals surface area (Å²) in [6.45, 7) is 1.84. The van der Waals surface area contributed by atoms with Crippen LogP contribution < -0.4 is 10.9 Å². The van der Waals surface area contributed by atoms with Crippen LogP contribution in [-0.4, -0.2) is 21.0 Å². The molecule has 1 heterocycles. The van der Waals surface area contributed by atoms with E-state index in [4.69, 9.17) is 0 Å². The summed E-state index contributed by atoms with van der Waals surface area (Å²) in [7, 11) is 1.82. The minimum absolute atomic E-state index is 0.170. The third-order valence-electron chi connectivity index (χ3n) is 5.26. The molecule has 0 fully saturated rings. The number of rotatable bonds is 5. The summed E-state index contributed by atoms with van der Waals surface area (Å²) in [4.78, 5) is 26.5. The van der Waals surface area contributed by atoms with Gasteiger partial charge in [-0.05, 0) is 61.6 Å². The minimum atomic E-state index is -0.220. The number of hydrogen-bond donors (Lipinski definition) is 1. The molecular weight excluding hydrogens is 370 g/mol. The molecule has 1 aliphatic carbocycles. The van der Waals surface area contributed by atoms with Gasteiger partial charge in [0, 0.05) is 11.9 Å². The smallest absolute Gasteiger partial charge is 0.295 e. The second-order valence-electron chi connectivity index (χ2n) is 7.06. The van der Waals surface area contributed by atoms with Crippen molar-refractivity contribution in [3.8, 4) is 5.69 Å². The number of anilines is 1. The Labute approximate surface area is 168 Å². The van der Waals surface area contributed by atoms with Gasteiger partial charge in [0.1, 0.15) is 5.69 Å². The first-order valence-corrected chi connectivity index (χ1v) is 10.4. The summed E-state index contributed by atoms with van der Waals surface area (Å²) in [5.41, 5.74) is 4.44. The Morgan fingerprint density at radius 3 is 2.64 bits per heavy atom. The first-order chi connectivity index (χ1) is 13.5. The van der Waals surface area contributed by atoms with Crippen LogP contribution >= 0.6 is 11.8 Å². The molecule has 0 spiro atoms. The van der Waals surface area contributed by atoms with Gasteiger partial charge in [0.15, 0.2) is 0 Å². The molecule has 0 radical (unpaired) electrons. The Morgan fingerprint density at radius 2 is 1.86 bits per heavy atom. The number of para-hydroxylation sites is 1. The van der Waals surface area contributed by atoms with E-state index >= 15 is 0 Å². The summed E-state index contributed by atoms with van der Waals surface area (Å²) in [5.74, 6) is 0.106. The summed E-state index contributed by atoms with van der Waals surface area (Å²) in [6, 6.07) is 15.9. The zero-order valence-corrected chi connectivity index (χ0v) is 16.9. The second kappa shape index (κ2) is 7.72. The molecule has 1 N–H and O–H groups in total. The number of thioether (sulfide) groups is 1. The number of fused-ring (bicyclic) bond motifs is 1. The topological polar surface area (TPSA) is 56.0 Å². The molecule has 28 heavy (non-hydrogen) atoms. The molecule has 0 aliphatic heterocycles. The van der Waals surface area contributed by atoms with Crippen molar-refractivity contribution in [3.63, 3.8) is 0 Å². The molecule has 144 valence electrons. The van der Waals surface area contributed by atoms with Gasteiger partial charge in [-0.15, -0.1) is 11.8 Å². The number of aryl methyl sites for hydroxylation is 2. The molecule has 3 aromatic rings. The van der Waals surface area contributed by atoms with Crippen molar-refractivity contribution in [1.29, 1.82) is 0 Å². The highest BCUT2D eigenvalue weighted by Gasteiger charge is 2.18. The maximum absolute atomic E-state index is 12.9. The Kier molecular flexibility index (Phi) is 5.13. The largest absolute Gasteiger partial charge is 0.319 e. The number of carbonyl (C=O) groups is 1. The average Bonchev–Trinajstić information content (AvgIpc) is 3.25. The van der Waals surface area contributed by atoms with Crippen LogP contribution in [-0.2, 0) is 24.7 Å². The molecule has 0 saturated carbocycles. The Bertz CT molecular complexity index is 1080. The first kappa shape index (κ1) is 18.6. The fraction of sp³-hybridized carbons (Fsp3) is 0.273. The standard InChI is InChI=1S/C22H23N3O2S/c1-15-21(22(27)25(24(15)2)18-9-4-3-5-10-18)23-20(26)14-28-19-12-11-16-7-6-8-17(16)13-19/h3-5,9-13H,6-8,14H2,1-2H3,(H,23,26). The highest BCUT2D eigenvalue weighted by molar-refractivity contribution is 8.00. The van der Waals surface area contributed by atoms with Crippen molar-refractivity contribution >= 4 is 23.4 Å². The van der Waals surface area contributed by atoms with Crippen LogP contribution in [0.5, 0.6) is 0 Å². The van der Waals surface area contributed by atoms with Crippen LogP contribution in [0.1, 0.15) is 23.2 Å². The molecule has 6 heteroatoms. The molecule has 4 rings (SSSR count). The van der Waals surface area contributed by atoms with Crippen LogP contribution in [0.3, 0.4) is 0 Å². The first-order valence-electron chi connectivity index (χ1n) is 9.43. The highest BCUT2D eigenvalue weighted by Crippen LogP contribution is 2.27. The van der Waals surface area contributed by atoms with E-state index < -0.39 is 0 Å². The third-order valence-corrected chi connectivity index (χ3v) is 6.25. The van der Waals surface area contributed by atoms with Gasteiger partial charge in [-0.2, -0.15) is 0 Å². The van der Waals surface area contributed by atoms with Crippen LogP contribution in [0, 0.1) is 6.92 Å². The normalized spacial score (nSPS) is 12.8. The van der Waals surface area contributed by atoms with Crippen molar-refractivity contribution in [2.75, 3.05) is 11.1 Å². The lowest BCUT2D eigenvalue weighted by atomic mass is 10.1. The van der Waals surface area contributed by atoms with Crippen molar-refractivity contribution in [3.05, 3.63) is 75.7 Å². The average molecular weight is 394 g/mol. The summed E-state index contributed by atoms with van der Waals surface area (Å²) in [6.07, 6.45) is 3.49. The van der Waals surface area contributed by atoms with Crippen molar-refractivity contribution in [2.24, 2.45) is 7.05 Å². The lowest BCUT2D eigenvalue weighted by Gasteiger charge is -2.07. The molecule has 5 nitrogen and oxygen atoms in total. The maximum atomic E-state index is 12.9. The van der Waals surface area contributed by atoms with Gasteiger partial charge in [-0.1, -0.05) is 24.3 Å². The van der Waals surface area contributed by atoms with Crippen LogP contribution in [0.25, 0.3) is 5.69 Å². The van der Waals surface area contributed by atoms with E-state index in [-0.39, 0.29) is 17.2 Å². The number of amides is 1. The minimum Gasteiger partial charge on any atom is -0.319 e. The summed E-state index contributed by atoms with van der Waals surface area (Å²) >= 11 is 1.51. The van der Waals surface area contributed by atoms with Gasteiger partial charge in [-0.3, -0.25) is 14.3 Å². The van der Waals surface area contributed by atoms with Crippen molar-refractivity contribution in [2.45, 2.75) is 31.1 Å². The van der Waals surface area contributed by atoms with E-state index in [2.05, 4.69) is 23.5 Å². The van der Waals surface area contributed by atoms with E-state index in [0.29, 0.717) is 5.69 Å². The maximum Gasteiger partial charge on any atom is 0.295 e. The van der Waals surface area contributed by atoms with Gasteiger partial charge in [0.05, 0.1) is 17.1 Å². The predicted octanol–water partition coefficient (Wildman–Crippen LogP) is 3.70. The number of nitrogens with one attached hydrogen (secondary N) is 1. The van der Waals surface area contributed by atoms with Crippen LogP contribution in [0.15, 0.2) is 58.2 Å². The molecule has 0 saturated heterocycles. The SMILES string of the molecule is Cc1c(NC(=O)CSc2ccc3c(c2)CCC3)c(=O)n(-c2ccccc2)n1C. The lowest BCUT2D eigenvalue weighted by Crippen LogP contribution is -2.23. The van der Waals surface area contributed by atoms with Gasteiger partial charge in [0.25, 0.3) is 5.56 Å². The molecule has 1 aromatic heterocycles. The molecule has 0 atom stereocenters. The third kappa shape index (κ3) is 3.52. The predicted molar refractivity (Wildman–Crippen MR) is 114 cm³/mol.